The number of fused-ring (bicyclic) bond motifs is 1. The second-order valence-electron chi connectivity index (χ2n) is 8.49. The molecule has 0 saturated carbocycles. The molecule has 0 aromatic heterocycles. The van der Waals surface area contributed by atoms with E-state index in [-0.39, 0.29) is 81.1 Å². The number of ether oxygens (including phenoxy) is 2. The van der Waals surface area contributed by atoms with Gasteiger partial charge >= 0.3 is 0 Å². The summed E-state index contributed by atoms with van der Waals surface area (Å²) in [6.07, 6.45) is 0.116. The summed E-state index contributed by atoms with van der Waals surface area (Å²) in [6, 6.07) is 17.1. The van der Waals surface area contributed by atoms with Crippen molar-refractivity contribution in [1.29, 1.82) is 0 Å². The molecule has 183 valence electrons. The summed E-state index contributed by atoms with van der Waals surface area (Å²) in [5.74, 6) is -0.415. The number of nitro benzene ring substituents is 1. The molecular formula is C25H24KN2O7S. The summed E-state index contributed by atoms with van der Waals surface area (Å²) in [4.78, 5) is 23.8. The van der Waals surface area contributed by atoms with Crippen LogP contribution in [0.5, 0.6) is 11.5 Å². The van der Waals surface area contributed by atoms with Crippen LogP contribution in [0.1, 0.15) is 42.4 Å². The summed E-state index contributed by atoms with van der Waals surface area (Å²) in [5, 5.41) is 11.0. The van der Waals surface area contributed by atoms with Gasteiger partial charge in [-0.1, -0.05) is 44.2 Å². The molecule has 11 heteroatoms. The fourth-order valence-corrected chi connectivity index (χ4v) is 4.79. The molecule has 36 heavy (non-hydrogen) atoms. The fraction of sp³-hybridized carbons (Fsp3) is 0.240. The van der Waals surface area contributed by atoms with Gasteiger partial charge in [-0.2, -0.15) is 0 Å². The topological polar surface area (TPSA) is 125 Å². The van der Waals surface area contributed by atoms with E-state index in [0.29, 0.717) is 22.6 Å². The van der Waals surface area contributed by atoms with Crippen molar-refractivity contribution in [3.8, 4) is 11.5 Å². The van der Waals surface area contributed by atoms with Gasteiger partial charge in [0, 0.05) is 63.5 Å². The van der Waals surface area contributed by atoms with Crippen molar-refractivity contribution in [3.05, 3.63) is 93.5 Å². The van der Waals surface area contributed by atoms with Gasteiger partial charge in [0.2, 0.25) is 12.7 Å². The Bertz CT molecular complexity index is 1360. The molecule has 0 fully saturated rings. The molecule has 4 rings (SSSR count). The van der Waals surface area contributed by atoms with E-state index in [9.17, 15) is 23.3 Å². The first kappa shape index (κ1) is 28.3. The zero-order valence-electron chi connectivity index (χ0n) is 20.1. The van der Waals surface area contributed by atoms with Crippen LogP contribution in [0.2, 0.25) is 0 Å². The summed E-state index contributed by atoms with van der Waals surface area (Å²) in [5.41, 5.74) is 2.06. The average Bonchev–Trinajstić information content (AvgIpc) is 3.30. The first-order valence-electron chi connectivity index (χ1n) is 10.9. The maximum atomic E-state index is 13.3. The van der Waals surface area contributed by atoms with Crippen LogP contribution in [-0.2, 0) is 21.2 Å². The molecule has 0 saturated heterocycles. The average molecular weight is 536 g/mol. The maximum absolute atomic E-state index is 13.3. The van der Waals surface area contributed by atoms with Gasteiger partial charge in [-0.05, 0) is 53.3 Å². The number of hydrogen-bond donors (Lipinski definition) is 1. The van der Waals surface area contributed by atoms with Crippen LogP contribution in [0.3, 0.4) is 0 Å². The third-order valence-electron chi connectivity index (χ3n) is 5.79. The number of benzene rings is 3. The number of sulfonamides is 1. The van der Waals surface area contributed by atoms with Gasteiger partial charge in [-0.15, -0.1) is 0 Å². The molecule has 1 radical (unpaired) electrons. The SMILES string of the molecule is CC(C)c1ccc(S(=O)(=O)NC(=O)C(Cc2ccc([N+](=O)[O-])cc2)c2ccc3c(c2)OCO3)cc1.[K]. The molecule has 1 atom stereocenters. The van der Waals surface area contributed by atoms with E-state index < -0.39 is 26.8 Å². The Balaban J connectivity index is 0.00000361. The van der Waals surface area contributed by atoms with Gasteiger partial charge < -0.3 is 9.47 Å². The fourth-order valence-electron chi connectivity index (χ4n) is 3.78. The van der Waals surface area contributed by atoms with Crippen molar-refractivity contribution < 1.29 is 27.6 Å². The molecule has 1 unspecified atom stereocenters. The number of rotatable bonds is 8. The monoisotopic (exact) mass is 535 g/mol. The van der Waals surface area contributed by atoms with Crippen LogP contribution in [0, 0.1) is 10.1 Å². The van der Waals surface area contributed by atoms with Gasteiger partial charge in [0.15, 0.2) is 11.5 Å². The molecule has 3 aromatic carbocycles. The Hall–Kier alpha value is -2.28. The third-order valence-corrected chi connectivity index (χ3v) is 7.16. The van der Waals surface area contributed by atoms with E-state index >= 15 is 0 Å². The van der Waals surface area contributed by atoms with Gasteiger partial charge in [0.1, 0.15) is 0 Å². The molecule has 9 nitrogen and oxygen atoms in total. The summed E-state index contributed by atoms with van der Waals surface area (Å²) in [6.45, 7) is 4.05. The predicted octanol–water partition coefficient (Wildman–Crippen LogP) is 3.90. The Kier molecular flexibility index (Phi) is 9.31. The Morgan fingerprint density at radius 3 is 2.19 bits per heavy atom. The van der Waals surface area contributed by atoms with Gasteiger partial charge in [-0.25, -0.2) is 13.1 Å². The minimum Gasteiger partial charge on any atom is -0.454 e. The predicted molar refractivity (Wildman–Crippen MR) is 134 cm³/mol. The van der Waals surface area contributed by atoms with Crippen LogP contribution in [0.15, 0.2) is 71.6 Å². The van der Waals surface area contributed by atoms with Crippen molar-refractivity contribution in [2.24, 2.45) is 0 Å². The molecule has 0 spiro atoms. The number of carbonyl (C=O) groups is 1. The van der Waals surface area contributed by atoms with Crippen LogP contribution in [0.25, 0.3) is 0 Å². The first-order valence-corrected chi connectivity index (χ1v) is 12.4. The van der Waals surface area contributed by atoms with E-state index in [0.717, 1.165) is 5.56 Å². The van der Waals surface area contributed by atoms with Crippen molar-refractivity contribution >= 4 is 73.0 Å². The minimum absolute atomic E-state index is 0. The molecule has 1 heterocycles. The molecule has 1 N–H and O–H groups in total. The maximum Gasteiger partial charge on any atom is 0.269 e. The van der Waals surface area contributed by atoms with E-state index in [1.54, 1.807) is 42.5 Å². The Morgan fingerprint density at radius 2 is 1.58 bits per heavy atom. The van der Waals surface area contributed by atoms with Crippen LogP contribution < -0.4 is 14.2 Å². The van der Waals surface area contributed by atoms with E-state index in [1.165, 1.54) is 24.3 Å². The minimum atomic E-state index is -4.12. The summed E-state index contributed by atoms with van der Waals surface area (Å²) < 4.78 is 38.9. The zero-order chi connectivity index (χ0) is 25.2. The Morgan fingerprint density at radius 1 is 0.972 bits per heavy atom. The number of hydrogen-bond acceptors (Lipinski definition) is 7. The third kappa shape index (κ3) is 6.53. The largest absolute Gasteiger partial charge is 0.454 e. The van der Waals surface area contributed by atoms with Crippen LogP contribution in [-0.4, -0.2) is 77.4 Å². The summed E-state index contributed by atoms with van der Waals surface area (Å²) >= 11 is 0. The quantitative estimate of drug-likeness (QED) is 0.263. The van der Waals surface area contributed by atoms with Gasteiger partial charge in [0.05, 0.1) is 15.7 Å². The smallest absolute Gasteiger partial charge is 0.269 e. The Labute approximate surface area is 251 Å². The second kappa shape index (κ2) is 11.8. The van der Waals surface area contributed by atoms with Crippen molar-refractivity contribution in [2.75, 3.05) is 6.79 Å². The van der Waals surface area contributed by atoms with Crippen molar-refractivity contribution in [2.45, 2.75) is 37.0 Å². The van der Waals surface area contributed by atoms with Crippen molar-refractivity contribution in [3.63, 3.8) is 0 Å². The standard InChI is InChI=1S/C25H24N2O7S.K/c1-16(2)18-5-10-21(11-6-18)35(31,32)26-25(28)22(13-17-3-8-20(9-4-17)27(29)30)19-7-12-23-24(14-19)34-15-33-23;/h3-12,14,16,22H,13,15H2,1-2H3,(H,26,28);. The number of nitro groups is 1. The normalized spacial score (nSPS) is 13.1. The molecule has 1 aliphatic rings. The zero-order valence-corrected chi connectivity index (χ0v) is 24.1. The number of carbonyl (C=O) groups excluding carboxylic acids is 1. The number of amides is 1. The number of non-ortho nitro benzene ring substituents is 1. The number of nitrogens with zero attached hydrogens (tertiary/aromatic N) is 1. The van der Waals surface area contributed by atoms with Crippen LogP contribution >= 0.6 is 0 Å². The summed E-state index contributed by atoms with van der Waals surface area (Å²) in [7, 11) is -4.12. The van der Waals surface area contributed by atoms with E-state index in [1.807, 2.05) is 13.8 Å². The van der Waals surface area contributed by atoms with Crippen molar-refractivity contribution in [1.82, 2.24) is 4.72 Å². The first-order chi connectivity index (χ1) is 16.6. The molecule has 3 aromatic rings. The molecule has 1 amide bonds. The van der Waals surface area contributed by atoms with Crippen LogP contribution in [0.4, 0.5) is 5.69 Å². The van der Waals surface area contributed by atoms with E-state index in [2.05, 4.69) is 4.72 Å². The molecule has 0 aliphatic carbocycles. The molecular weight excluding hydrogens is 511 g/mol. The number of nitrogens with one attached hydrogen (secondary N) is 1. The van der Waals surface area contributed by atoms with E-state index in [4.69, 9.17) is 9.47 Å². The molecule has 0 bridgehead atoms. The van der Waals surface area contributed by atoms with Gasteiger partial charge in [0.25, 0.3) is 15.7 Å². The second-order valence-corrected chi connectivity index (χ2v) is 10.2. The molecule has 1 aliphatic heterocycles. The van der Waals surface area contributed by atoms with Gasteiger partial charge in [-0.3, -0.25) is 14.9 Å².